The summed E-state index contributed by atoms with van der Waals surface area (Å²) >= 11 is 11.6. The molecule has 0 aliphatic heterocycles. The smallest absolute Gasteiger partial charge is 0.261 e. The highest BCUT2D eigenvalue weighted by atomic mass is 35.5. The minimum absolute atomic E-state index is 0.212. The number of halogens is 2. The summed E-state index contributed by atoms with van der Waals surface area (Å²) in [5.41, 5.74) is 0. The molecular formula is C12H13Cl2NO2. The van der Waals surface area contributed by atoms with E-state index in [-0.39, 0.29) is 5.91 Å². The first kappa shape index (κ1) is 13.9. The van der Waals surface area contributed by atoms with Crippen LogP contribution in [0.3, 0.4) is 0 Å². The van der Waals surface area contributed by atoms with Crippen molar-refractivity contribution in [3.8, 4) is 5.75 Å². The number of hydrogen-bond donors (Lipinski definition) is 1. The van der Waals surface area contributed by atoms with Gasteiger partial charge in [0.25, 0.3) is 5.91 Å². The van der Waals surface area contributed by atoms with Crippen LogP contribution < -0.4 is 10.1 Å². The van der Waals surface area contributed by atoms with Gasteiger partial charge in [0.05, 0.1) is 10.0 Å². The number of carbonyl (C=O) groups is 1. The van der Waals surface area contributed by atoms with Gasteiger partial charge >= 0.3 is 0 Å². The topological polar surface area (TPSA) is 38.3 Å². The van der Waals surface area contributed by atoms with E-state index in [1.165, 1.54) is 0 Å². The maximum atomic E-state index is 11.5. The fourth-order valence-electron chi connectivity index (χ4n) is 1.12. The molecule has 0 saturated carbocycles. The molecule has 1 aromatic rings. The molecule has 92 valence electrons. The monoisotopic (exact) mass is 273 g/mol. The molecule has 0 heterocycles. The van der Waals surface area contributed by atoms with Crippen LogP contribution in [-0.4, -0.2) is 18.6 Å². The van der Waals surface area contributed by atoms with E-state index < -0.39 is 6.10 Å². The Labute approximate surface area is 110 Å². The van der Waals surface area contributed by atoms with E-state index in [1.54, 1.807) is 31.2 Å². The summed E-state index contributed by atoms with van der Waals surface area (Å²) in [6, 6.07) is 4.85. The average molecular weight is 274 g/mol. The molecule has 17 heavy (non-hydrogen) atoms. The molecule has 1 unspecified atom stereocenters. The maximum Gasteiger partial charge on any atom is 0.261 e. The third-order valence-electron chi connectivity index (χ3n) is 1.99. The molecular weight excluding hydrogens is 261 g/mol. The fourth-order valence-corrected chi connectivity index (χ4v) is 1.41. The van der Waals surface area contributed by atoms with Crippen molar-refractivity contribution in [3.63, 3.8) is 0 Å². The summed E-state index contributed by atoms with van der Waals surface area (Å²) in [6.07, 6.45) is 0.997. The first-order chi connectivity index (χ1) is 8.04. The van der Waals surface area contributed by atoms with Crippen LogP contribution in [0.4, 0.5) is 0 Å². The third-order valence-corrected chi connectivity index (χ3v) is 2.73. The van der Waals surface area contributed by atoms with E-state index in [2.05, 4.69) is 11.9 Å². The van der Waals surface area contributed by atoms with Crippen molar-refractivity contribution < 1.29 is 9.53 Å². The molecule has 5 heteroatoms. The zero-order valence-corrected chi connectivity index (χ0v) is 10.9. The summed E-state index contributed by atoms with van der Waals surface area (Å²) in [5, 5.41) is 3.48. The Morgan fingerprint density at radius 3 is 2.82 bits per heavy atom. The van der Waals surface area contributed by atoms with Gasteiger partial charge in [-0.25, -0.2) is 0 Å². The van der Waals surface area contributed by atoms with E-state index in [4.69, 9.17) is 27.9 Å². The van der Waals surface area contributed by atoms with Crippen LogP contribution in [0.2, 0.25) is 10.0 Å². The lowest BCUT2D eigenvalue weighted by Crippen LogP contribution is -2.36. The molecule has 0 saturated heterocycles. The average Bonchev–Trinajstić information content (AvgIpc) is 2.30. The summed E-state index contributed by atoms with van der Waals surface area (Å²) in [6.45, 7) is 5.57. The molecule has 0 bridgehead atoms. The lowest BCUT2D eigenvalue weighted by Gasteiger charge is -2.14. The minimum Gasteiger partial charge on any atom is -0.481 e. The Balaban J connectivity index is 2.61. The Hall–Kier alpha value is -1.19. The zero-order chi connectivity index (χ0) is 12.8. The number of benzene rings is 1. The van der Waals surface area contributed by atoms with Gasteiger partial charge in [0.2, 0.25) is 0 Å². The minimum atomic E-state index is -0.604. The van der Waals surface area contributed by atoms with Gasteiger partial charge in [0.15, 0.2) is 6.10 Å². The van der Waals surface area contributed by atoms with Gasteiger partial charge in [-0.2, -0.15) is 0 Å². The van der Waals surface area contributed by atoms with Crippen molar-refractivity contribution in [1.82, 2.24) is 5.32 Å². The van der Waals surface area contributed by atoms with Gasteiger partial charge in [0.1, 0.15) is 5.75 Å². The van der Waals surface area contributed by atoms with Gasteiger partial charge in [-0.1, -0.05) is 29.3 Å². The largest absolute Gasteiger partial charge is 0.481 e. The lowest BCUT2D eigenvalue weighted by molar-refractivity contribution is -0.127. The predicted molar refractivity (Wildman–Crippen MR) is 69.8 cm³/mol. The van der Waals surface area contributed by atoms with E-state index >= 15 is 0 Å². The second-order valence-electron chi connectivity index (χ2n) is 3.37. The van der Waals surface area contributed by atoms with E-state index in [1.807, 2.05) is 0 Å². The SMILES string of the molecule is C=CCNC(=O)C(C)Oc1ccc(Cl)c(Cl)c1. The number of amides is 1. The van der Waals surface area contributed by atoms with Crippen molar-refractivity contribution in [2.75, 3.05) is 6.54 Å². The molecule has 0 spiro atoms. The molecule has 1 aromatic carbocycles. The maximum absolute atomic E-state index is 11.5. The molecule has 0 radical (unpaired) electrons. The highest BCUT2D eigenvalue weighted by molar-refractivity contribution is 6.42. The summed E-state index contributed by atoms with van der Waals surface area (Å²) < 4.78 is 5.42. The van der Waals surface area contributed by atoms with Crippen LogP contribution in [0, 0.1) is 0 Å². The quantitative estimate of drug-likeness (QED) is 0.838. The van der Waals surface area contributed by atoms with Gasteiger partial charge in [0, 0.05) is 12.6 Å². The van der Waals surface area contributed by atoms with Crippen molar-refractivity contribution >= 4 is 29.1 Å². The fraction of sp³-hybridized carbons (Fsp3) is 0.250. The van der Waals surface area contributed by atoms with Crippen LogP contribution >= 0.6 is 23.2 Å². The molecule has 0 aliphatic carbocycles. The summed E-state index contributed by atoms with van der Waals surface area (Å²) in [5.74, 6) is 0.289. The van der Waals surface area contributed by atoms with Gasteiger partial charge < -0.3 is 10.1 Å². The third kappa shape index (κ3) is 4.29. The Morgan fingerprint density at radius 1 is 1.53 bits per heavy atom. The molecule has 3 nitrogen and oxygen atoms in total. The van der Waals surface area contributed by atoms with Crippen LogP contribution in [0.25, 0.3) is 0 Å². The molecule has 1 rings (SSSR count). The second kappa shape index (κ2) is 6.52. The zero-order valence-electron chi connectivity index (χ0n) is 9.37. The first-order valence-electron chi connectivity index (χ1n) is 5.05. The number of hydrogen-bond acceptors (Lipinski definition) is 2. The van der Waals surface area contributed by atoms with Crippen molar-refractivity contribution in [3.05, 3.63) is 40.9 Å². The summed E-state index contributed by atoms with van der Waals surface area (Å²) in [4.78, 5) is 11.5. The van der Waals surface area contributed by atoms with Gasteiger partial charge in [-0.15, -0.1) is 6.58 Å². The second-order valence-corrected chi connectivity index (χ2v) is 4.18. The number of ether oxygens (including phenoxy) is 1. The predicted octanol–water partition coefficient (Wildman–Crippen LogP) is 3.06. The first-order valence-corrected chi connectivity index (χ1v) is 5.80. The van der Waals surface area contributed by atoms with Crippen molar-refractivity contribution in [2.45, 2.75) is 13.0 Å². The van der Waals surface area contributed by atoms with Crippen LogP contribution in [0.5, 0.6) is 5.75 Å². The van der Waals surface area contributed by atoms with Crippen molar-refractivity contribution in [1.29, 1.82) is 0 Å². The number of nitrogens with one attached hydrogen (secondary N) is 1. The molecule has 1 atom stereocenters. The number of rotatable bonds is 5. The van der Waals surface area contributed by atoms with Crippen molar-refractivity contribution in [2.24, 2.45) is 0 Å². The highest BCUT2D eigenvalue weighted by Gasteiger charge is 2.13. The molecule has 1 N–H and O–H groups in total. The number of carbonyl (C=O) groups excluding carboxylic acids is 1. The van der Waals surface area contributed by atoms with E-state index in [0.717, 1.165) is 0 Å². The lowest BCUT2D eigenvalue weighted by atomic mass is 10.3. The van der Waals surface area contributed by atoms with E-state index in [0.29, 0.717) is 22.3 Å². The van der Waals surface area contributed by atoms with Gasteiger partial charge in [-0.05, 0) is 19.1 Å². The Morgan fingerprint density at radius 2 is 2.24 bits per heavy atom. The van der Waals surface area contributed by atoms with Crippen LogP contribution in [-0.2, 0) is 4.79 Å². The molecule has 1 amide bonds. The normalized spacial score (nSPS) is 11.7. The van der Waals surface area contributed by atoms with E-state index in [9.17, 15) is 4.79 Å². The molecule has 0 aliphatic rings. The van der Waals surface area contributed by atoms with Crippen LogP contribution in [0.1, 0.15) is 6.92 Å². The standard InChI is InChI=1S/C12H13Cl2NO2/c1-3-6-15-12(16)8(2)17-9-4-5-10(13)11(14)7-9/h3-5,7-8H,1,6H2,2H3,(H,15,16). The molecule has 0 aromatic heterocycles. The Kier molecular flexibility index (Phi) is 5.32. The summed E-state index contributed by atoms with van der Waals surface area (Å²) in [7, 11) is 0. The molecule has 0 fully saturated rings. The van der Waals surface area contributed by atoms with Crippen LogP contribution in [0.15, 0.2) is 30.9 Å². The van der Waals surface area contributed by atoms with Gasteiger partial charge in [-0.3, -0.25) is 4.79 Å². The highest BCUT2D eigenvalue weighted by Crippen LogP contribution is 2.26. The Bertz CT molecular complexity index is 421.